The molecule has 0 amide bonds. The standard InChI is InChI=1S/C33H47NO13/c1-18-10-8-6-4-3-5-7-9-11-21(45-32-30(39)28(34)29(38)19(2)44-32)15-25-27(31(40)41)22(36)17-33(42,47-25)16-20(35)14-24-23(46-24)12-13-26(37)43-18/h3-9,11-13,18-25,27-30,32,35-36,38-39,42H,10,14-17,34H2,1-2H3,(H,40,41)/b4-3-,7-5-,8-6-,11-9-,13-12-/t18-,19-,20-,21-,22-,23-,24+,25+,27-,28+,29-,30-,32+,33+/m1/s1. The molecule has 8 N–H and O–H groups in total. The van der Waals surface area contributed by atoms with Gasteiger partial charge in [0, 0.05) is 38.2 Å². The molecule has 3 saturated heterocycles. The molecule has 4 aliphatic rings. The number of rotatable bonds is 3. The van der Waals surface area contributed by atoms with Gasteiger partial charge in [0.05, 0.1) is 48.8 Å². The molecule has 4 heterocycles. The number of esters is 1. The summed E-state index contributed by atoms with van der Waals surface area (Å²) in [4.78, 5) is 24.4. The molecule has 0 aromatic rings. The predicted molar refractivity (Wildman–Crippen MR) is 165 cm³/mol. The third-order valence-corrected chi connectivity index (χ3v) is 8.58. The van der Waals surface area contributed by atoms with Crippen molar-refractivity contribution < 1.29 is 63.9 Å². The highest BCUT2D eigenvalue weighted by atomic mass is 16.7. The van der Waals surface area contributed by atoms with Crippen LogP contribution in [0.25, 0.3) is 0 Å². The molecule has 14 atom stereocenters. The van der Waals surface area contributed by atoms with Gasteiger partial charge in [-0.2, -0.15) is 0 Å². The average molecular weight is 666 g/mol. The lowest BCUT2D eigenvalue weighted by atomic mass is 9.83. The fourth-order valence-electron chi connectivity index (χ4n) is 6.00. The molecule has 0 aliphatic carbocycles. The van der Waals surface area contributed by atoms with Gasteiger partial charge in [0.1, 0.15) is 24.2 Å². The van der Waals surface area contributed by atoms with Crippen molar-refractivity contribution in [3.63, 3.8) is 0 Å². The maximum absolute atomic E-state index is 12.3. The van der Waals surface area contributed by atoms with Crippen molar-refractivity contribution in [2.45, 2.75) is 125 Å². The van der Waals surface area contributed by atoms with E-state index in [4.69, 9.17) is 29.4 Å². The lowest BCUT2D eigenvalue weighted by Crippen LogP contribution is -2.61. The van der Waals surface area contributed by atoms with Crippen molar-refractivity contribution in [3.8, 4) is 0 Å². The molecule has 3 fully saturated rings. The van der Waals surface area contributed by atoms with Gasteiger partial charge >= 0.3 is 11.9 Å². The molecule has 0 aromatic carbocycles. The predicted octanol–water partition coefficient (Wildman–Crippen LogP) is 0.120. The monoisotopic (exact) mass is 665 g/mol. The van der Waals surface area contributed by atoms with Crippen molar-refractivity contribution >= 4 is 11.9 Å². The van der Waals surface area contributed by atoms with Crippen LogP contribution in [0, 0.1) is 5.92 Å². The minimum atomic E-state index is -2.10. The highest BCUT2D eigenvalue weighted by molar-refractivity contribution is 5.82. The summed E-state index contributed by atoms with van der Waals surface area (Å²) in [5.74, 6) is -5.45. The van der Waals surface area contributed by atoms with E-state index in [0.717, 1.165) is 0 Å². The van der Waals surface area contributed by atoms with Gasteiger partial charge in [0.2, 0.25) is 0 Å². The van der Waals surface area contributed by atoms with Crippen LogP contribution in [0.15, 0.2) is 60.8 Å². The van der Waals surface area contributed by atoms with Crippen LogP contribution in [0.5, 0.6) is 0 Å². The molecule has 14 nitrogen and oxygen atoms in total. The van der Waals surface area contributed by atoms with Gasteiger partial charge in [-0.25, -0.2) is 4.79 Å². The Kier molecular flexibility index (Phi) is 13.1. The Morgan fingerprint density at radius 2 is 1.64 bits per heavy atom. The summed E-state index contributed by atoms with van der Waals surface area (Å²) in [7, 11) is 0. The molecule has 0 spiro atoms. The number of aliphatic hydroxyl groups excluding tert-OH is 4. The number of fused-ring (bicyclic) bond motifs is 3. The van der Waals surface area contributed by atoms with Gasteiger partial charge in [-0.05, 0) is 19.9 Å². The van der Waals surface area contributed by atoms with Crippen molar-refractivity contribution in [2.75, 3.05) is 0 Å². The first-order valence-corrected chi connectivity index (χ1v) is 15.9. The second-order valence-corrected chi connectivity index (χ2v) is 12.6. The van der Waals surface area contributed by atoms with Gasteiger partial charge in [0.25, 0.3) is 0 Å². The zero-order chi connectivity index (χ0) is 34.3. The number of nitrogens with two attached hydrogens (primary N) is 1. The minimum absolute atomic E-state index is 0.0789. The number of cyclic esters (lactones) is 1. The fraction of sp³-hybridized carbons (Fsp3) is 0.636. The molecule has 0 aromatic heterocycles. The maximum Gasteiger partial charge on any atom is 0.330 e. The maximum atomic E-state index is 12.3. The minimum Gasteiger partial charge on any atom is -0.481 e. The largest absolute Gasteiger partial charge is 0.481 e. The molecule has 47 heavy (non-hydrogen) atoms. The average Bonchev–Trinajstić information content (AvgIpc) is 3.72. The number of carboxylic acids is 1. The summed E-state index contributed by atoms with van der Waals surface area (Å²) < 4.78 is 28.5. The molecular weight excluding hydrogens is 618 g/mol. The van der Waals surface area contributed by atoms with E-state index in [1.807, 2.05) is 6.08 Å². The number of hydrogen-bond acceptors (Lipinski definition) is 13. The van der Waals surface area contributed by atoms with E-state index in [9.17, 15) is 40.2 Å². The molecule has 0 radical (unpaired) electrons. The molecule has 4 aliphatic heterocycles. The number of hydrogen-bond donors (Lipinski definition) is 7. The first-order chi connectivity index (χ1) is 22.3. The van der Waals surface area contributed by atoms with Crippen LogP contribution in [-0.4, -0.2) is 122 Å². The Morgan fingerprint density at radius 3 is 2.36 bits per heavy atom. The number of aliphatic hydroxyl groups is 5. The molecule has 4 rings (SSSR count). The summed E-state index contributed by atoms with van der Waals surface area (Å²) in [6.45, 7) is 3.34. The summed E-state index contributed by atoms with van der Waals surface area (Å²) in [6.07, 6.45) is 5.25. The van der Waals surface area contributed by atoms with Gasteiger partial charge in [-0.15, -0.1) is 0 Å². The first-order valence-electron chi connectivity index (χ1n) is 15.9. The van der Waals surface area contributed by atoms with Crippen LogP contribution in [0.2, 0.25) is 0 Å². The van der Waals surface area contributed by atoms with Crippen LogP contribution >= 0.6 is 0 Å². The molecule has 0 unspecified atom stereocenters. The van der Waals surface area contributed by atoms with E-state index < -0.39 is 97.3 Å². The van der Waals surface area contributed by atoms with Crippen LogP contribution in [0.3, 0.4) is 0 Å². The number of ether oxygens (including phenoxy) is 5. The molecule has 14 heteroatoms. The molecular formula is C33H47NO13. The van der Waals surface area contributed by atoms with Crippen molar-refractivity contribution in [2.24, 2.45) is 11.7 Å². The zero-order valence-corrected chi connectivity index (χ0v) is 26.4. The third kappa shape index (κ3) is 10.6. The van der Waals surface area contributed by atoms with Gasteiger partial charge in [-0.1, -0.05) is 48.6 Å². The quantitative estimate of drug-likeness (QED) is 0.157. The summed E-state index contributed by atoms with van der Waals surface area (Å²) in [5, 5.41) is 63.9. The summed E-state index contributed by atoms with van der Waals surface area (Å²) in [6, 6.07) is -1.08. The van der Waals surface area contributed by atoms with E-state index in [0.29, 0.717) is 6.42 Å². The van der Waals surface area contributed by atoms with E-state index in [-0.39, 0.29) is 25.4 Å². The first kappa shape index (κ1) is 37.1. The fourth-order valence-corrected chi connectivity index (χ4v) is 6.00. The number of carbonyl (C=O) groups excluding carboxylic acids is 1. The number of epoxide rings is 1. The lowest BCUT2D eigenvalue weighted by molar-refractivity contribution is -0.308. The van der Waals surface area contributed by atoms with Crippen LogP contribution in [0.4, 0.5) is 0 Å². The van der Waals surface area contributed by atoms with E-state index in [2.05, 4.69) is 0 Å². The Balaban J connectivity index is 1.58. The Hall–Kier alpha value is -2.76. The molecule has 0 saturated carbocycles. The van der Waals surface area contributed by atoms with Crippen LogP contribution < -0.4 is 5.73 Å². The number of allylic oxidation sites excluding steroid dienone is 6. The van der Waals surface area contributed by atoms with Crippen molar-refractivity contribution in [3.05, 3.63) is 60.8 Å². The molecule has 262 valence electrons. The highest BCUT2D eigenvalue weighted by Crippen LogP contribution is 2.39. The second-order valence-electron chi connectivity index (χ2n) is 12.6. The van der Waals surface area contributed by atoms with E-state index >= 15 is 0 Å². The van der Waals surface area contributed by atoms with E-state index in [1.165, 1.54) is 12.2 Å². The zero-order valence-electron chi connectivity index (χ0n) is 26.4. The van der Waals surface area contributed by atoms with E-state index in [1.54, 1.807) is 56.4 Å². The Labute approximate surface area is 273 Å². The normalized spacial score (nSPS) is 47.2. The Bertz CT molecular complexity index is 1220. The number of aliphatic carboxylic acids is 1. The van der Waals surface area contributed by atoms with Gasteiger partial charge in [-0.3, -0.25) is 4.79 Å². The highest BCUT2D eigenvalue weighted by Gasteiger charge is 2.51. The lowest BCUT2D eigenvalue weighted by Gasteiger charge is -2.45. The number of carboxylic acid groups (broad SMARTS) is 1. The van der Waals surface area contributed by atoms with Crippen molar-refractivity contribution in [1.82, 2.24) is 0 Å². The topological polar surface area (TPSA) is 231 Å². The van der Waals surface area contributed by atoms with Gasteiger partial charge < -0.3 is 60.1 Å². The van der Waals surface area contributed by atoms with Crippen LogP contribution in [-0.2, 0) is 33.3 Å². The van der Waals surface area contributed by atoms with Crippen LogP contribution in [0.1, 0.15) is 46.0 Å². The smallest absolute Gasteiger partial charge is 0.330 e. The van der Waals surface area contributed by atoms with Crippen molar-refractivity contribution in [1.29, 1.82) is 0 Å². The molecule has 2 bridgehead atoms. The summed E-state index contributed by atoms with van der Waals surface area (Å²) in [5.41, 5.74) is 5.98. The summed E-state index contributed by atoms with van der Waals surface area (Å²) >= 11 is 0. The van der Waals surface area contributed by atoms with Gasteiger partial charge in [0.15, 0.2) is 12.1 Å². The number of carbonyl (C=O) groups is 2. The third-order valence-electron chi connectivity index (χ3n) is 8.58. The second kappa shape index (κ2) is 16.6. The Morgan fingerprint density at radius 1 is 0.936 bits per heavy atom. The SMILES string of the molecule is C[C@@H]1C\C=C/C=C\C=C/C=C\[C@@H](O[C@@H]2O[C@H](C)[C@@H](O)[C@H](N)[C@H]2O)C[C@@H]2O[C@@](O)(C[C@H](O)C[C@@H]3O[C@@H]3/C=C\C(=O)O1)C[C@@H](O)[C@H]2C(=O)O.